The summed E-state index contributed by atoms with van der Waals surface area (Å²) in [7, 11) is 0. The highest BCUT2D eigenvalue weighted by Gasteiger charge is 2.29. The lowest BCUT2D eigenvalue weighted by atomic mass is 10.1. The maximum atomic E-state index is 12.5. The molecule has 1 aliphatic carbocycles. The third-order valence-corrected chi connectivity index (χ3v) is 5.72. The molecule has 2 heterocycles. The molecule has 2 nitrogen and oxygen atoms in total. The van der Waals surface area contributed by atoms with E-state index in [0.29, 0.717) is 5.92 Å². The molecule has 20 heavy (non-hydrogen) atoms. The van der Waals surface area contributed by atoms with Gasteiger partial charge in [-0.05, 0) is 68.2 Å². The van der Waals surface area contributed by atoms with E-state index in [-0.39, 0.29) is 11.9 Å². The maximum absolute atomic E-state index is 12.5. The van der Waals surface area contributed by atoms with E-state index in [2.05, 4.69) is 38.2 Å². The Balaban J connectivity index is 1.75. The van der Waals surface area contributed by atoms with Crippen molar-refractivity contribution in [2.45, 2.75) is 45.6 Å². The molecule has 1 N–H and O–H groups in total. The van der Waals surface area contributed by atoms with Crippen LogP contribution in [0.3, 0.4) is 0 Å². The number of carbonyl (C=O) groups is 1. The maximum Gasteiger partial charge on any atom is 0.262 e. The first-order valence-electron chi connectivity index (χ1n) is 7.01. The largest absolute Gasteiger partial charge is 0.345 e. The molecule has 4 heteroatoms. The minimum absolute atomic E-state index is 0.0709. The monoisotopic (exact) mass is 305 g/mol. The van der Waals surface area contributed by atoms with Gasteiger partial charge in [0.25, 0.3) is 5.91 Å². The van der Waals surface area contributed by atoms with Crippen LogP contribution >= 0.6 is 22.7 Å². The van der Waals surface area contributed by atoms with Crippen molar-refractivity contribution in [3.8, 4) is 0 Å². The number of amides is 1. The highest BCUT2D eigenvalue weighted by Crippen LogP contribution is 2.43. The van der Waals surface area contributed by atoms with Crippen LogP contribution < -0.4 is 5.32 Å². The molecule has 106 valence electrons. The minimum Gasteiger partial charge on any atom is -0.345 e. The van der Waals surface area contributed by atoms with Gasteiger partial charge in [0.05, 0.1) is 10.9 Å². The summed E-state index contributed by atoms with van der Waals surface area (Å²) < 4.78 is 0. The predicted molar refractivity (Wildman–Crippen MR) is 86.0 cm³/mol. The third kappa shape index (κ3) is 2.67. The number of rotatable bonds is 4. The van der Waals surface area contributed by atoms with Crippen LogP contribution in [0.2, 0.25) is 0 Å². The summed E-state index contributed by atoms with van der Waals surface area (Å²) in [5, 5.41) is 5.19. The summed E-state index contributed by atoms with van der Waals surface area (Å²) in [5.41, 5.74) is 2.49. The Morgan fingerprint density at radius 2 is 2.15 bits per heavy atom. The van der Waals surface area contributed by atoms with Crippen LogP contribution in [-0.4, -0.2) is 5.91 Å². The molecule has 2 aromatic heterocycles. The lowest BCUT2D eigenvalue weighted by Gasteiger charge is -2.14. The van der Waals surface area contributed by atoms with E-state index in [9.17, 15) is 4.79 Å². The van der Waals surface area contributed by atoms with Gasteiger partial charge in [-0.15, -0.1) is 22.7 Å². The summed E-state index contributed by atoms with van der Waals surface area (Å²) in [6.45, 7) is 6.30. The van der Waals surface area contributed by atoms with Gasteiger partial charge in [0.1, 0.15) is 0 Å². The van der Waals surface area contributed by atoms with E-state index >= 15 is 0 Å². The fraction of sp³-hybridized carbons (Fsp3) is 0.438. The molecule has 3 rings (SSSR count). The average molecular weight is 305 g/mol. The Hall–Kier alpha value is -1.13. The molecule has 0 spiro atoms. The lowest BCUT2D eigenvalue weighted by Crippen LogP contribution is -2.26. The molecule has 1 saturated carbocycles. The lowest BCUT2D eigenvalue weighted by molar-refractivity contribution is 0.0943. The fourth-order valence-electron chi connectivity index (χ4n) is 2.64. The van der Waals surface area contributed by atoms with Gasteiger partial charge in [-0.2, -0.15) is 0 Å². The van der Waals surface area contributed by atoms with Crippen LogP contribution in [0, 0.1) is 13.8 Å². The van der Waals surface area contributed by atoms with Gasteiger partial charge in [-0.1, -0.05) is 0 Å². The van der Waals surface area contributed by atoms with E-state index in [1.54, 1.807) is 22.7 Å². The van der Waals surface area contributed by atoms with Crippen molar-refractivity contribution in [2.75, 3.05) is 0 Å². The number of nitrogens with one attached hydrogen (secondary N) is 1. The molecule has 2 aromatic rings. The summed E-state index contributed by atoms with van der Waals surface area (Å²) in [6.07, 6.45) is 2.46. The molecule has 1 amide bonds. The zero-order valence-electron chi connectivity index (χ0n) is 12.0. The number of hydrogen-bond donors (Lipinski definition) is 1. The van der Waals surface area contributed by atoms with Crippen molar-refractivity contribution in [3.05, 3.63) is 43.3 Å². The van der Waals surface area contributed by atoms with Crippen molar-refractivity contribution in [1.82, 2.24) is 5.32 Å². The Kier molecular flexibility index (Phi) is 3.69. The van der Waals surface area contributed by atoms with Crippen LogP contribution in [0.15, 0.2) is 17.5 Å². The minimum atomic E-state index is 0.0709. The molecule has 0 bridgehead atoms. The molecular weight excluding hydrogens is 286 g/mol. The van der Waals surface area contributed by atoms with E-state index in [1.807, 2.05) is 5.38 Å². The SMILES string of the molecule is Cc1cc(C(C)NC(=O)c2sccc2C2CC2)c(C)s1. The van der Waals surface area contributed by atoms with Crippen molar-refractivity contribution in [2.24, 2.45) is 0 Å². The van der Waals surface area contributed by atoms with Crippen LogP contribution in [0.5, 0.6) is 0 Å². The van der Waals surface area contributed by atoms with Crippen molar-refractivity contribution < 1.29 is 4.79 Å². The molecule has 0 aromatic carbocycles. The number of aryl methyl sites for hydroxylation is 2. The van der Waals surface area contributed by atoms with E-state index in [0.717, 1.165) is 4.88 Å². The normalized spacial score (nSPS) is 16.1. The molecule has 0 saturated heterocycles. The zero-order valence-corrected chi connectivity index (χ0v) is 13.7. The van der Waals surface area contributed by atoms with Gasteiger partial charge in [0.15, 0.2) is 0 Å². The van der Waals surface area contributed by atoms with Crippen LogP contribution in [0.25, 0.3) is 0 Å². The molecule has 0 radical (unpaired) electrons. The Labute approximate surface area is 127 Å². The van der Waals surface area contributed by atoms with Gasteiger partial charge in [0, 0.05) is 9.75 Å². The highest BCUT2D eigenvalue weighted by atomic mass is 32.1. The topological polar surface area (TPSA) is 29.1 Å². The second kappa shape index (κ2) is 5.34. The van der Waals surface area contributed by atoms with E-state index in [1.165, 1.54) is 33.7 Å². The second-order valence-electron chi connectivity index (χ2n) is 5.54. The van der Waals surface area contributed by atoms with Crippen molar-refractivity contribution >= 4 is 28.6 Å². The molecule has 0 aliphatic heterocycles. The van der Waals surface area contributed by atoms with Gasteiger partial charge in [-0.3, -0.25) is 4.79 Å². The van der Waals surface area contributed by atoms with Gasteiger partial charge in [-0.25, -0.2) is 0 Å². The molecule has 1 aliphatic rings. The van der Waals surface area contributed by atoms with Crippen LogP contribution in [-0.2, 0) is 0 Å². The quantitative estimate of drug-likeness (QED) is 0.864. The van der Waals surface area contributed by atoms with Gasteiger partial charge < -0.3 is 5.32 Å². The summed E-state index contributed by atoms with van der Waals surface area (Å²) >= 11 is 3.35. The first-order valence-corrected chi connectivity index (χ1v) is 8.71. The van der Waals surface area contributed by atoms with Gasteiger partial charge in [0.2, 0.25) is 0 Å². The summed E-state index contributed by atoms with van der Waals surface area (Å²) in [6, 6.07) is 4.37. The van der Waals surface area contributed by atoms with Gasteiger partial charge >= 0.3 is 0 Å². The van der Waals surface area contributed by atoms with E-state index in [4.69, 9.17) is 0 Å². The average Bonchev–Trinajstić information content (AvgIpc) is 3.01. The number of hydrogen-bond acceptors (Lipinski definition) is 3. The summed E-state index contributed by atoms with van der Waals surface area (Å²) in [4.78, 5) is 16.0. The Bertz CT molecular complexity index is 637. The molecular formula is C16H19NOS2. The molecule has 1 atom stereocenters. The van der Waals surface area contributed by atoms with Crippen molar-refractivity contribution in [3.63, 3.8) is 0 Å². The Morgan fingerprint density at radius 1 is 1.40 bits per heavy atom. The fourth-order valence-corrected chi connectivity index (χ4v) is 4.55. The molecule has 1 fully saturated rings. The second-order valence-corrected chi connectivity index (χ2v) is 7.92. The number of carbonyl (C=O) groups excluding carboxylic acids is 1. The number of thiophene rings is 2. The third-order valence-electron chi connectivity index (χ3n) is 3.81. The highest BCUT2D eigenvalue weighted by molar-refractivity contribution is 7.12. The van der Waals surface area contributed by atoms with Crippen LogP contribution in [0.1, 0.15) is 62.3 Å². The first kappa shape index (κ1) is 13.8. The standard InChI is InChI=1S/C16H19NOS2/c1-9-8-14(11(3)20-9)10(2)17-16(18)15-13(6-7-19-15)12-4-5-12/h6-8,10,12H,4-5H2,1-3H3,(H,17,18). The smallest absolute Gasteiger partial charge is 0.262 e. The van der Waals surface area contributed by atoms with E-state index < -0.39 is 0 Å². The van der Waals surface area contributed by atoms with Crippen LogP contribution in [0.4, 0.5) is 0 Å². The first-order chi connectivity index (χ1) is 9.56. The molecule has 1 unspecified atom stereocenters. The zero-order chi connectivity index (χ0) is 14.3. The van der Waals surface area contributed by atoms with Crippen molar-refractivity contribution in [1.29, 1.82) is 0 Å². The summed E-state index contributed by atoms with van der Waals surface area (Å²) in [5.74, 6) is 0.708. The Morgan fingerprint density at radius 3 is 2.75 bits per heavy atom. The predicted octanol–water partition coefficient (Wildman–Crippen LogP) is 4.79.